The Bertz CT molecular complexity index is 2240. The SMILES string of the molecule is COC(=O)c1cc(Cl)cc(CO)c1.O=C(c1cc(Cl)cc(Cc2n[nH]c(=O)c3ccc(OC4CCC4)cc23)c1)N1CCN(c2ncc(C(F)(F)F)cn2)CC1. The summed E-state index contributed by atoms with van der Waals surface area (Å²) in [7, 11) is 1.29. The second kappa shape index (κ2) is 17.0. The Morgan fingerprint density at radius 1 is 0.909 bits per heavy atom. The molecule has 0 spiro atoms. The molecule has 2 aromatic heterocycles. The zero-order valence-electron chi connectivity index (χ0n) is 29.4. The number of esters is 1. The highest BCUT2D eigenvalue weighted by molar-refractivity contribution is 6.31. The molecule has 2 fully saturated rings. The third-order valence-electron chi connectivity index (χ3n) is 9.15. The lowest BCUT2D eigenvalue weighted by atomic mass is 9.96. The van der Waals surface area contributed by atoms with E-state index in [1.54, 1.807) is 46.2 Å². The summed E-state index contributed by atoms with van der Waals surface area (Å²) in [6.07, 6.45) is 0.681. The van der Waals surface area contributed by atoms with E-state index < -0.39 is 17.7 Å². The Balaban J connectivity index is 0.000000336. The Morgan fingerprint density at radius 2 is 1.56 bits per heavy atom. The molecule has 0 bridgehead atoms. The molecule has 55 heavy (non-hydrogen) atoms. The van der Waals surface area contributed by atoms with E-state index >= 15 is 0 Å². The van der Waals surface area contributed by atoms with E-state index in [0.717, 1.165) is 37.2 Å². The van der Waals surface area contributed by atoms with Crippen molar-refractivity contribution in [2.75, 3.05) is 38.2 Å². The normalized spacial score (nSPS) is 14.5. The van der Waals surface area contributed by atoms with E-state index in [2.05, 4.69) is 24.9 Å². The minimum Gasteiger partial charge on any atom is -0.490 e. The number of carbonyl (C=O) groups is 2. The van der Waals surface area contributed by atoms with E-state index in [1.165, 1.54) is 19.2 Å². The first-order valence-electron chi connectivity index (χ1n) is 17.2. The Morgan fingerprint density at radius 3 is 2.18 bits per heavy atom. The maximum atomic E-state index is 13.4. The number of halogens is 5. The first-order chi connectivity index (χ1) is 26.3. The lowest BCUT2D eigenvalue weighted by Crippen LogP contribution is -2.49. The van der Waals surface area contributed by atoms with Gasteiger partial charge in [-0.2, -0.15) is 18.3 Å². The summed E-state index contributed by atoms with van der Waals surface area (Å²) < 4.78 is 49.0. The number of methoxy groups -OCH3 is 1. The van der Waals surface area contributed by atoms with E-state index in [0.29, 0.717) is 81.6 Å². The molecule has 17 heteroatoms. The molecule has 1 saturated carbocycles. The highest BCUT2D eigenvalue weighted by atomic mass is 35.5. The van der Waals surface area contributed by atoms with Gasteiger partial charge in [-0.05, 0) is 85.0 Å². The maximum Gasteiger partial charge on any atom is 0.419 e. The van der Waals surface area contributed by atoms with Crippen molar-refractivity contribution >= 4 is 51.8 Å². The fraction of sp³-hybridized carbons (Fsp3) is 0.316. The molecule has 3 heterocycles. The zero-order valence-corrected chi connectivity index (χ0v) is 30.9. The Labute approximate surface area is 322 Å². The Kier molecular flexibility index (Phi) is 12.2. The molecule has 2 N–H and O–H groups in total. The monoisotopic (exact) mass is 798 g/mol. The van der Waals surface area contributed by atoms with Gasteiger partial charge in [0, 0.05) is 66.0 Å². The molecule has 1 aliphatic heterocycles. The van der Waals surface area contributed by atoms with Gasteiger partial charge >= 0.3 is 12.1 Å². The molecule has 0 unspecified atom stereocenters. The highest BCUT2D eigenvalue weighted by Gasteiger charge is 2.32. The smallest absolute Gasteiger partial charge is 0.419 e. The summed E-state index contributed by atoms with van der Waals surface area (Å²) in [4.78, 5) is 48.0. The number of fused-ring (bicyclic) bond motifs is 1. The number of aromatic amines is 1. The van der Waals surface area contributed by atoms with E-state index in [-0.39, 0.29) is 30.1 Å². The van der Waals surface area contributed by atoms with Crippen LogP contribution >= 0.6 is 23.2 Å². The van der Waals surface area contributed by atoms with Gasteiger partial charge in [0.1, 0.15) is 5.75 Å². The number of alkyl halides is 3. The van der Waals surface area contributed by atoms with Crippen molar-refractivity contribution in [3.63, 3.8) is 0 Å². The van der Waals surface area contributed by atoms with Gasteiger partial charge in [0.2, 0.25) is 5.95 Å². The van der Waals surface area contributed by atoms with Crippen LogP contribution in [0.4, 0.5) is 19.1 Å². The van der Waals surface area contributed by atoms with Crippen molar-refractivity contribution in [3.05, 3.63) is 121 Å². The molecule has 7 rings (SSSR count). The van der Waals surface area contributed by atoms with Crippen LogP contribution in [-0.4, -0.2) is 81.4 Å². The van der Waals surface area contributed by atoms with E-state index in [1.807, 2.05) is 6.07 Å². The van der Waals surface area contributed by atoms with Crippen LogP contribution in [-0.2, 0) is 23.9 Å². The number of nitrogens with zero attached hydrogens (tertiary/aromatic N) is 5. The van der Waals surface area contributed by atoms with Gasteiger partial charge in [-0.15, -0.1) is 0 Å². The summed E-state index contributed by atoms with van der Waals surface area (Å²) in [5, 5.41) is 17.6. The van der Waals surface area contributed by atoms with Crippen molar-refractivity contribution in [1.29, 1.82) is 0 Å². The van der Waals surface area contributed by atoms with Gasteiger partial charge in [0.05, 0.1) is 42.0 Å². The number of aliphatic hydroxyl groups is 1. The van der Waals surface area contributed by atoms with Crippen molar-refractivity contribution in [2.45, 2.75) is 44.6 Å². The fourth-order valence-electron chi connectivity index (χ4n) is 6.06. The van der Waals surface area contributed by atoms with Gasteiger partial charge in [-0.1, -0.05) is 23.2 Å². The number of amides is 1. The molecule has 2 aliphatic rings. The van der Waals surface area contributed by atoms with Crippen LogP contribution in [0.1, 0.15) is 62.4 Å². The second-order valence-electron chi connectivity index (χ2n) is 12.9. The topological polar surface area (TPSA) is 151 Å². The van der Waals surface area contributed by atoms with Crippen LogP contribution in [0.25, 0.3) is 10.8 Å². The van der Waals surface area contributed by atoms with Gasteiger partial charge in [0.15, 0.2) is 0 Å². The van der Waals surface area contributed by atoms with Gasteiger partial charge in [0.25, 0.3) is 11.5 Å². The maximum absolute atomic E-state index is 13.4. The number of anilines is 1. The first kappa shape index (κ1) is 39.4. The summed E-state index contributed by atoms with van der Waals surface area (Å²) in [6, 6.07) is 15.1. The molecule has 3 aromatic carbocycles. The molecule has 0 atom stereocenters. The third kappa shape index (κ3) is 9.71. The second-order valence-corrected chi connectivity index (χ2v) is 13.8. The van der Waals surface area contributed by atoms with Gasteiger partial charge < -0.3 is 24.4 Å². The van der Waals surface area contributed by atoms with Crippen molar-refractivity contribution in [3.8, 4) is 5.75 Å². The zero-order chi connectivity index (χ0) is 39.3. The molecule has 1 saturated heterocycles. The average Bonchev–Trinajstić information content (AvgIpc) is 3.16. The van der Waals surface area contributed by atoms with E-state index in [4.69, 9.17) is 33.0 Å². The lowest BCUT2D eigenvalue weighted by molar-refractivity contribution is -0.138. The van der Waals surface area contributed by atoms with Crippen molar-refractivity contribution < 1.29 is 37.3 Å². The molecule has 5 aromatic rings. The number of aliphatic hydroxyl groups excluding tert-OH is 1. The molecule has 288 valence electrons. The van der Waals surface area contributed by atoms with Crippen LogP contribution < -0.4 is 15.2 Å². The summed E-state index contributed by atoms with van der Waals surface area (Å²) in [5.41, 5.74) is 1.49. The number of hydrogen-bond donors (Lipinski definition) is 2. The predicted octanol–water partition coefficient (Wildman–Crippen LogP) is 6.49. The number of carbonyl (C=O) groups excluding carboxylic acids is 2. The number of nitrogens with one attached hydrogen (secondary N) is 1. The van der Waals surface area contributed by atoms with Crippen LogP contribution in [0.15, 0.2) is 71.8 Å². The third-order valence-corrected chi connectivity index (χ3v) is 9.58. The van der Waals surface area contributed by atoms with E-state index in [9.17, 15) is 27.6 Å². The lowest BCUT2D eigenvalue weighted by Gasteiger charge is -2.34. The van der Waals surface area contributed by atoms with Gasteiger partial charge in [-0.25, -0.2) is 19.9 Å². The van der Waals surface area contributed by atoms with Crippen molar-refractivity contribution in [1.82, 2.24) is 25.1 Å². The minimum atomic E-state index is -4.51. The number of hydrogen-bond acceptors (Lipinski definition) is 10. The summed E-state index contributed by atoms with van der Waals surface area (Å²) in [6.45, 7) is 1.25. The standard InChI is InChI=1S/C29H26ClF3N6O3.C9H9ClO3/c30-20-11-17(12-25-24-14-22(42-21-2-1-3-21)4-5-23(24)26(40)37-36-25)10-18(13-20)27(41)38-6-8-39(9-7-38)28-34-15-19(16-35-28)29(31,32)33;1-13-9(12)7-2-6(5-11)3-8(10)4-7/h4-5,10-11,13-16,21H,1-3,6-9,12H2,(H,37,40);2-4,11H,5H2,1H3. The molecule has 1 amide bonds. The first-order valence-corrected chi connectivity index (χ1v) is 18.0. The fourth-order valence-corrected chi connectivity index (χ4v) is 6.57. The highest BCUT2D eigenvalue weighted by Crippen LogP contribution is 2.30. The largest absolute Gasteiger partial charge is 0.490 e. The number of aromatic nitrogens is 4. The van der Waals surface area contributed by atoms with Crippen LogP contribution in [0.3, 0.4) is 0 Å². The molecule has 0 radical (unpaired) electrons. The quantitative estimate of drug-likeness (QED) is 0.167. The predicted molar refractivity (Wildman–Crippen MR) is 199 cm³/mol. The van der Waals surface area contributed by atoms with Crippen LogP contribution in [0.2, 0.25) is 10.0 Å². The number of rotatable bonds is 8. The number of H-pyrrole nitrogens is 1. The van der Waals surface area contributed by atoms with Gasteiger partial charge in [-0.3, -0.25) is 9.59 Å². The minimum absolute atomic E-state index is 0.148. The average molecular weight is 800 g/mol. The molecular formula is C38H35Cl2F3N6O6. The molecular weight excluding hydrogens is 764 g/mol. The summed E-state index contributed by atoms with van der Waals surface area (Å²) in [5.74, 6) is 0.185. The molecule has 12 nitrogen and oxygen atoms in total. The van der Waals surface area contributed by atoms with Crippen LogP contribution in [0, 0.1) is 0 Å². The number of piperazine rings is 1. The van der Waals surface area contributed by atoms with Crippen molar-refractivity contribution in [2.24, 2.45) is 0 Å². The number of benzene rings is 3. The summed E-state index contributed by atoms with van der Waals surface area (Å²) >= 11 is 12.1. The Hall–Kier alpha value is -5.25. The van der Waals surface area contributed by atoms with Crippen LogP contribution in [0.5, 0.6) is 5.75 Å². The number of ether oxygens (including phenoxy) is 2. The molecule has 1 aliphatic carbocycles.